The van der Waals surface area contributed by atoms with E-state index in [2.05, 4.69) is 9.62 Å². The molecule has 1 saturated heterocycles. The monoisotopic (exact) mass is 443 g/mol. The molecule has 2 aromatic rings. The number of hydrogen-bond donors (Lipinski definition) is 1. The number of ether oxygens (including phenoxy) is 1. The number of piperazine rings is 1. The minimum absolute atomic E-state index is 0.00741. The lowest BCUT2D eigenvalue weighted by Crippen LogP contribution is -2.49. The summed E-state index contributed by atoms with van der Waals surface area (Å²) in [7, 11) is -3.72. The summed E-state index contributed by atoms with van der Waals surface area (Å²) in [4.78, 5) is 17.3. The number of carbonyl (C=O) groups excluding carboxylic acids is 1. The van der Waals surface area contributed by atoms with Gasteiger partial charge in [0, 0.05) is 44.0 Å². The highest BCUT2D eigenvalue weighted by molar-refractivity contribution is 7.92. The molecule has 0 spiro atoms. The highest BCUT2D eigenvalue weighted by atomic mass is 32.2. The van der Waals surface area contributed by atoms with Crippen molar-refractivity contribution in [3.05, 3.63) is 54.1 Å². The molecular formula is C23H29N3O4S. The van der Waals surface area contributed by atoms with Crippen molar-refractivity contribution in [2.24, 2.45) is 5.92 Å². The summed E-state index contributed by atoms with van der Waals surface area (Å²) in [6.45, 7) is 6.85. The molecule has 1 aliphatic heterocycles. The average molecular weight is 444 g/mol. The summed E-state index contributed by atoms with van der Waals surface area (Å²) in [6.07, 6.45) is 2.68. The van der Waals surface area contributed by atoms with E-state index in [4.69, 9.17) is 4.74 Å². The third kappa shape index (κ3) is 5.57. The van der Waals surface area contributed by atoms with Crippen LogP contribution in [0.5, 0.6) is 5.75 Å². The second-order valence-electron chi connectivity index (χ2n) is 8.12. The Morgan fingerprint density at radius 2 is 1.65 bits per heavy atom. The third-order valence-corrected chi connectivity index (χ3v) is 7.10. The highest BCUT2D eigenvalue weighted by Gasteiger charge is 2.28. The third-order valence-electron chi connectivity index (χ3n) is 5.70. The van der Waals surface area contributed by atoms with E-state index in [-0.39, 0.29) is 10.8 Å². The number of sulfonamides is 1. The van der Waals surface area contributed by atoms with Gasteiger partial charge in [0.2, 0.25) is 0 Å². The van der Waals surface area contributed by atoms with Crippen LogP contribution in [0.25, 0.3) is 0 Å². The van der Waals surface area contributed by atoms with Crippen molar-refractivity contribution in [1.82, 2.24) is 9.80 Å². The fraction of sp³-hybridized carbons (Fsp3) is 0.435. The largest absolute Gasteiger partial charge is 0.494 e. The van der Waals surface area contributed by atoms with Crippen LogP contribution in [-0.4, -0.2) is 63.5 Å². The SMILES string of the molecule is CCOc1ccc(S(=O)(=O)Nc2ccc(C(=O)N3CCN(CC4CC4)CC3)cc2)cc1. The Labute approximate surface area is 184 Å². The number of nitrogens with zero attached hydrogens (tertiary/aromatic N) is 2. The highest BCUT2D eigenvalue weighted by Crippen LogP contribution is 2.30. The Hall–Kier alpha value is -2.58. The smallest absolute Gasteiger partial charge is 0.261 e. The number of rotatable bonds is 8. The summed E-state index contributed by atoms with van der Waals surface area (Å²) in [5.74, 6) is 1.48. The zero-order valence-electron chi connectivity index (χ0n) is 17.8. The van der Waals surface area contributed by atoms with E-state index in [9.17, 15) is 13.2 Å². The number of nitrogens with one attached hydrogen (secondary N) is 1. The van der Waals surface area contributed by atoms with Gasteiger partial charge in [-0.05, 0) is 74.2 Å². The summed E-state index contributed by atoms with van der Waals surface area (Å²) in [6, 6.07) is 12.9. The van der Waals surface area contributed by atoms with Gasteiger partial charge in [-0.25, -0.2) is 8.42 Å². The van der Waals surface area contributed by atoms with Gasteiger partial charge in [-0.15, -0.1) is 0 Å². The molecule has 0 aromatic heterocycles. The molecule has 0 bridgehead atoms. The van der Waals surface area contributed by atoms with Crippen molar-refractivity contribution < 1.29 is 17.9 Å². The Kier molecular flexibility index (Phi) is 6.48. The van der Waals surface area contributed by atoms with Gasteiger partial charge in [0.1, 0.15) is 5.75 Å². The van der Waals surface area contributed by atoms with Gasteiger partial charge in [-0.3, -0.25) is 14.4 Å². The summed E-state index contributed by atoms with van der Waals surface area (Å²) in [5, 5.41) is 0. The molecule has 2 fully saturated rings. The van der Waals surface area contributed by atoms with Crippen LogP contribution in [0.2, 0.25) is 0 Å². The molecule has 2 aromatic carbocycles. The standard InChI is InChI=1S/C23H29N3O4S/c1-2-30-21-9-11-22(12-10-21)31(28,29)24-20-7-5-19(6-8-20)23(27)26-15-13-25(14-16-26)17-18-3-4-18/h5-12,18,24H,2-4,13-17H2,1H3. The molecule has 0 unspecified atom stereocenters. The van der Waals surface area contributed by atoms with Gasteiger partial charge in [0.15, 0.2) is 0 Å². The average Bonchev–Trinajstić information content (AvgIpc) is 3.59. The molecule has 1 aliphatic carbocycles. The fourth-order valence-electron chi connectivity index (χ4n) is 3.76. The Bertz CT molecular complexity index is 994. The molecule has 1 amide bonds. The van der Waals surface area contributed by atoms with E-state index >= 15 is 0 Å². The molecule has 31 heavy (non-hydrogen) atoms. The van der Waals surface area contributed by atoms with Gasteiger partial charge in [-0.1, -0.05) is 0 Å². The van der Waals surface area contributed by atoms with Crippen molar-refractivity contribution in [2.75, 3.05) is 44.1 Å². The zero-order chi connectivity index (χ0) is 21.8. The summed E-state index contributed by atoms with van der Waals surface area (Å²) in [5.41, 5.74) is 0.986. The lowest BCUT2D eigenvalue weighted by Gasteiger charge is -2.34. The van der Waals surface area contributed by atoms with Crippen LogP contribution in [0, 0.1) is 5.92 Å². The minimum atomic E-state index is -3.72. The normalized spacial score (nSPS) is 17.4. The van der Waals surface area contributed by atoms with Crippen molar-refractivity contribution in [2.45, 2.75) is 24.7 Å². The topological polar surface area (TPSA) is 78.9 Å². The molecule has 8 heteroatoms. The first-order valence-corrected chi connectivity index (χ1v) is 12.3. The molecule has 1 N–H and O–H groups in total. The summed E-state index contributed by atoms with van der Waals surface area (Å²) < 4.78 is 33.1. The molecule has 4 rings (SSSR count). The molecule has 1 saturated carbocycles. The Balaban J connectivity index is 1.34. The maximum absolute atomic E-state index is 12.8. The molecule has 0 atom stereocenters. The maximum Gasteiger partial charge on any atom is 0.261 e. The first kappa shape index (κ1) is 21.6. The fourth-order valence-corrected chi connectivity index (χ4v) is 4.82. The first-order valence-electron chi connectivity index (χ1n) is 10.8. The van der Waals surface area contributed by atoms with Gasteiger partial charge in [0.25, 0.3) is 15.9 Å². The van der Waals surface area contributed by atoms with Gasteiger partial charge >= 0.3 is 0 Å². The number of amides is 1. The van der Waals surface area contributed by atoms with Crippen LogP contribution in [0.3, 0.4) is 0 Å². The van der Waals surface area contributed by atoms with Crippen molar-refractivity contribution in [1.29, 1.82) is 0 Å². The number of carbonyl (C=O) groups is 1. The molecule has 7 nitrogen and oxygen atoms in total. The minimum Gasteiger partial charge on any atom is -0.494 e. The molecule has 2 aliphatic rings. The Morgan fingerprint density at radius 1 is 1.00 bits per heavy atom. The lowest BCUT2D eigenvalue weighted by atomic mass is 10.1. The van der Waals surface area contributed by atoms with E-state index in [1.807, 2.05) is 11.8 Å². The second-order valence-corrected chi connectivity index (χ2v) is 9.81. The summed E-state index contributed by atoms with van der Waals surface area (Å²) >= 11 is 0. The van der Waals surface area contributed by atoms with Crippen molar-refractivity contribution in [3.63, 3.8) is 0 Å². The maximum atomic E-state index is 12.8. The first-order chi connectivity index (χ1) is 14.9. The number of anilines is 1. The van der Waals surface area contributed by atoms with Crippen LogP contribution in [0.4, 0.5) is 5.69 Å². The predicted octanol–water partition coefficient (Wildman–Crippen LogP) is 3.05. The van der Waals surface area contributed by atoms with E-state index in [0.717, 1.165) is 38.6 Å². The molecule has 1 heterocycles. The number of hydrogen-bond acceptors (Lipinski definition) is 5. The van der Waals surface area contributed by atoms with Crippen molar-refractivity contribution in [3.8, 4) is 5.75 Å². The second kappa shape index (κ2) is 9.28. The lowest BCUT2D eigenvalue weighted by molar-refractivity contribution is 0.0632. The molecule has 166 valence electrons. The molecular weight excluding hydrogens is 414 g/mol. The van der Waals surface area contributed by atoms with E-state index in [1.165, 1.54) is 25.0 Å². The predicted molar refractivity (Wildman–Crippen MR) is 120 cm³/mol. The van der Waals surface area contributed by atoms with E-state index < -0.39 is 10.0 Å². The van der Waals surface area contributed by atoms with Crippen LogP contribution in [0.15, 0.2) is 53.4 Å². The molecule has 0 radical (unpaired) electrons. The van der Waals surface area contributed by atoms with E-state index in [1.54, 1.807) is 36.4 Å². The van der Waals surface area contributed by atoms with Crippen LogP contribution >= 0.6 is 0 Å². The van der Waals surface area contributed by atoms with Gasteiger partial charge in [-0.2, -0.15) is 0 Å². The number of benzene rings is 2. The van der Waals surface area contributed by atoms with E-state index in [0.29, 0.717) is 23.6 Å². The van der Waals surface area contributed by atoms with Crippen LogP contribution < -0.4 is 9.46 Å². The van der Waals surface area contributed by atoms with Gasteiger partial charge < -0.3 is 9.64 Å². The quantitative estimate of drug-likeness (QED) is 0.678. The van der Waals surface area contributed by atoms with Crippen LogP contribution in [-0.2, 0) is 10.0 Å². The van der Waals surface area contributed by atoms with Gasteiger partial charge in [0.05, 0.1) is 11.5 Å². The van der Waals surface area contributed by atoms with Crippen molar-refractivity contribution >= 4 is 21.6 Å². The zero-order valence-corrected chi connectivity index (χ0v) is 18.6. The van der Waals surface area contributed by atoms with Crippen LogP contribution in [0.1, 0.15) is 30.1 Å². The Morgan fingerprint density at radius 3 is 2.23 bits per heavy atom.